The molecule has 0 saturated heterocycles. The quantitative estimate of drug-likeness (QED) is 0.289. The van der Waals surface area contributed by atoms with E-state index in [0.717, 1.165) is 12.5 Å². The van der Waals surface area contributed by atoms with Crippen LogP contribution >= 0.6 is 34.8 Å². The summed E-state index contributed by atoms with van der Waals surface area (Å²) in [5.74, 6) is 0. The molecule has 0 atom stereocenters. The molecule has 3 rings (SSSR count). The smallest absolute Gasteiger partial charge is 0.0837 e. The van der Waals surface area contributed by atoms with Gasteiger partial charge in [0, 0.05) is 0 Å². The Labute approximate surface area is 171 Å². The van der Waals surface area contributed by atoms with Crippen molar-refractivity contribution in [2.75, 3.05) is 0 Å². The predicted octanol–water partition coefficient (Wildman–Crippen LogP) is 5.31. The second-order valence-corrected chi connectivity index (χ2v) is 13.0. The first-order valence-electron chi connectivity index (χ1n) is 8.76. The molecule has 4 heteroatoms. The van der Waals surface area contributed by atoms with E-state index in [0.29, 0.717) is 6.42 Å². The molecule has 26 heavy (non-hydrogen) atoms. The van der Waals surface area contributed by atoms with E-state index in [-0.39, 0.29) is 0 Å². The molecule has 134 valence electrons. The number of hydrogen-bond donors (Lipinski definition) is 0. The molecule has 0 saturated carbocycles. The molecular weight excluding hydrogens is 399 g/mol. The van der Waals surface area contributed by atoms with Gasteiger partial charge in [0.1, 0.15) is 8.07 Å². The molecule has 3 aromatic rings. The van der Waals surface area contributed by atoms with Crippen LogP contribution in [0.4, 0.5) is 0 Å². The molecule has 0 unspecified atom stereocenters. The number of halogens is 3. The molecule has 0 aliphatic rings. The van der Waals surface area contributed by atoms with Crippen molar-refractivity contribution in [1.29, 1.82) is 0 Å². The van der Waals surface area contributed by atoms with Crippen LogP contribution in [0.25, 0.3) is 0 Å². The molecule has 0 bridgehead atoms. The third-order valence-electron chi connectivity index (χ3n) is 4.81. The van der Waals surface area contributed by atoms with Gasteiger partial charge in [0.2, 0.25) is 0 Å². The minimum absolute atomic E-state index is 0.554. The van der Waals surface area contributed by atoms with Crippen LogP contribution in [0, 0.1) is 0 Å². The van der Waals surface area contributed by atoms with Crippen molar-refractivity contribution < 1.29 is 0 Å². The number of alkyl halides is 3. The number of benzene rings is 3. The van der Waals surface area contributed by atoms with E-state index in [1.165, 1.54) is 15.6 Å². The van der Waals surface area contributed by atoms with E-state index >= 15 is 0 Å². The summed E-state index contributed by atoms with van der Waals surface area (Å²) in [6.45, 7) is 0. The SMILES string of the molecule is ClC(Cl)(Cl)CCC[Si](c1ccccc1)(c1ccccc1)c1ccccc1. The summed E-state index contributed by atoms with van der Waals surface area (Å²) in [6, 6.07) is 33.5. The Balaban J connectivity index is 2.15. The van der Waals surface area contributed by atoms with Gasteiger partial charge in [-0.15, -0.1) is 0 Å². The highest BCUT2D eigenvalue weighted by Gasteiger charge is 2.39. The van der Waals surface area contributed by atoms with Gasteiger partial charge in [-0.1, -0.05) is 132 Å². The Hall–Kier alpha value is -1.25. The lowest BCUT2D eigenvalue weighted by molar-refractivity contribution is 0.814. The van der Waals surface area contributed by atoms with Crippen LogP contribution in [0.15, 0.2) is 91.0 Å². The Morgan fingerprint density at radius 1 is 0.577 bits per heavy atom. The van der Waals surface area contributed by atoms with Gasteiger partial charge in [-0.25, -0.2) is 0 Å². The average Bonchev–Trinajstić information content (AvgIpc) is 2.67. The van der Waals surface area contributed by atoms with Gasteiger partial charge < -0.3 is 0 Å². The zero-order valence-electron chi connectivity index (χ0n) is 14.4. The average molecular weight is 420 g/mol. The second-order valence-electron chi connectivity index (χ2n) is 6.47. The summed E-state index contributed by atoms with van der Waals surface area (Å²) in [4.78, 5) is 0. The maximum atomic E-state index is 6.05. The van der Waals surface area contributed by atoms with E-state index in [9.17, 15) is 0 Å². The summed E-state index contributed by atoms with van der Waals surface area (Å²) in [5.41, 5.74) is 0. The van der Waals surface area contributed by atoms with Crippen LogP contribution in [0.2, 0.25) is 6.04 Å². The van der Waals surface area contributed by atoms with Crippen LogP contribution in [0.5, 0.6) is 0 Å². The Bertz CT molecular complexity index is 702. The molecule has 0 N–H and O–H groups in total. The molecule has 0 spiro atoms. The zero-order valence-corrected chi connectivity index (χ0v) is 17.7. The highest BCUT2D eigenvalue weighted by atomic mass is 35.6. The monoisotopic (exact) mass is 418 g/mol. The van der Waals surface area contributed by atoms with Crippen molar-refractivity contribution in [3.8, 4) is 0 Å². The van der Waals surface area contributed by atoms with Crippen molar-refractivity contribution in [2.24, 2.45) is 0 Å². The zero-order chi connectivity index (χ0) is 18.5. The molecule has 0 heterocycles. The van der Waals surface area contributed by atoms with E-state index in [1.807, 2.05) is 0 Å². The first kappa shape index (κ1) is 19.5. The van der Waals surface area contributed by atoms with Gasteiger partial charge >= 0.3 is 0 Å². The largest absolute Gasteiger partial charge is 0.190 e. The summed E-state index contributed by atoms with van der Waals surface area (Å²) >= 11 is 18.1. The predicted molar refractivity (Wildman–Crippen MR) is 118 cm³/mol. The molecule has 3 aromatic carbocycles. The maximum absolute atomic E-state index is 6.05. The van der Waals surface area contributed by atoms with Crippen molar-refractivity contribution in [2.45, 2.75) is 22.7 Å². The van der Waals surface area contributed by atoms with Crippen LogP contribution in [-0.2, 0) is 0 Å². The highest BCUT2D eigenvalue weighted by molar-refractivity contribution is 7.11. The van der Waals surface area contributed by atoms with E-state index in [4.69, 9.17) is 34.8 Å². The Morgan fingerprint density at radius 3 is 1.23 bits per heavy atom. The standard InChI is InChI=1S/C22H21Cl3Si/c23-22(24,25)17-10-18-26(19-11-4-1-5-12-19,20-13-6-2-7-14-20)21-15-8-3-9-16-21/h1-9,11-16H,10,17-18H2. The van der Waals surface area contributed by atoms with Gasteiger partial charge in [-0.3, -0.25) is 0 Å². The molecule has 0 aliphatic heterocycles. The van der Waals surface area contributed by atoms with Crippen LogP contribution < -0.4 is 15.6 Å². The van der Waals surface area contributed by atoms with Crippen LogP contribution in [-0.4, -0.2) is 11.9 Å². The maximum Gasteiger partial charge on any atom is 0.190 e. The lowest BCUT2D eigenvalue weighted by atomic mass is 10.3. The third kappa shape index (κ3) is 4.53. The van der Waals surface area contributed by atoms with Crippen molar-refractivity contribution in [3.05, 3.63) is 91.0 Å². The van der Waals surface area contributed by atoms with E-state index in [2.05, 4.69) is 91.0 Å². The first-order chi connectivity index (χ1) is 12.5. The van der Waals surface area contributed by atoms with Crippen LogP contribution in [0.1, 0.15) is 12.8 Å². The Kier molecular flexibility index (Phi) is 6.47. The minimum Gasteiger partial charge on any atom is -0.0837 e. The van der Waals surface area contributed by atoms with Crippen molar-refractivity contribution in [3.63, 3.8) is 0 Å². The lowest BCUT2D eigenvalue weighted by Gasteiger charge is -2.34. The highest BCUT2D eigenvalue weighted by Crippen LogP contribution is 2.33. The molecule has 0 fully saturated rings. The summed E-state index contributed by atoms with van der Waals surface area (Å²) in [6.07, 6.45) is 1.42. The van der Waals surface area contributed by atoms with Crippen molar-refractivity contribution >= 4 is 58.4 Å². The Morgan fingerprint density at radius 2 is 0.923 bits per heavy atom. The van der Waals surface area contributed by atoms with Gasteiger partial charge in [-0.05, 0) is 28.0 Å². The summed E-state index contributed by atoms with van der Waals surface area (Å²) in [7, 11) is -2.20. The molecule has 0 amide bonds. The molecule has 0 aromatic heterocycles. The van der Waals surface area contributed by atoms with Crippen molar-refractivity contribution in [1.82, 2.24) is 0 Å². The van der Waals surface area contributed by atoms with Gasteiger partial charge in [0.05, 0.1) is 0 Å². The van der Waals surface area contributed by atoms with Gasteiger partial charge in [0.25, 0.3) is 0 Å². The van der Waals surface area contributed by atoms with Crippen LogP contribution in [0.3, 0.4) is 0 Å². The molecule has 0 nitrogen and oxygen atoms in total. The summed E-state index contributed by atoms with van der Waals surface area (Å²) in [5, 5.41) is 4.17. The topological polar surface area (TPSA) is 0 Å². The third-order valence-corrected chi connectivity index (χ3v) is 10.4. The lowest BCUT2D eigenvalue weighted by Crippen LogP contribution is -2.66. The van der Waals surface area contributed by atoms with E-state index in [1.54, 1.807) is 0 Å². The van der Waals surface area contributed by atoms with Gasteiger partial charge in [-0.2, -0.15) is 0 Å². The number of hydrogen-bond acceptors (Lipinski definition) is 0. The normalized spacial score (nSPS) is 12.1. The van der Waals surface area contributed by atoms with Gasteiger partial charge in [0.15, 0.2) is 3.79 Å². The number of rotatable bonds is 6. The second kappa shape index (κ2) is 8.62. The molecule has 0 aliphatic carbocycles. The first-order valence-corrected chi connectivity index (χ1v) is 12.1. The van der Waals surface area contributed by atoms with E-state index < -0.39 is 11.9 Å². The molecule has 0 radical (unpaired) electrons. The fourth-order valence-corrected chi connectivity index (χ4v) is 8.91. The fourth-order valence-electron chi connectivity index (χ4n) is 3.66. The fraction of sp³-hybridized carbons (Fsp3) is 0.182. The minimum atomic E-state index is -2.20. The molecular formula is C22H21Cl3Si. The summed E-state index contributed by atoms with van der Waals surface area (Å²) < 4.78 is -1.20.